The zero-order valence-corrected chi connectivity index (χ0v) is 61.8. The third-order valence-electron chi connectivity index (χ3n) is 16.9. The Labute approximate surface area is 562 Å². The Bertz CT molecular complexity index is 1800. The number of unbranched alkanes of at least 4 members (excludes halogenated alkanes) is 39. The average molecular weight is 1350 g/mol. The Morgan fingerprint density at radius 2 is 0.500 bits per heavy atom. The highest BCUT2D eigenvalue weighted by atomic mass is 31.2. The van der Waals surface area contributed by atoms with Crippen LogP contribution in [0, 0.1) is 17.8 Å². The van der Waals surface area contributed by atoms with E-state index in [1.54, 1.807) is 0 Å². The van der Waals surface area contributed by atoms with E-state index in [1.165, 1.54) is 173 Å². The number of phosphoric ester groups is 2. The number of esters is 4. The molecule has 0 fully saturated rings. The molecule has 3 N–H and O–H groups in total. The molecule has 0 rings (SSSR count). The molecule has 0 amide bonds. The van der Waals surface area contributed by atoms with Crippen molar-refractivity contribution in [2.24, 2.45) is 17.8 Å². The van der Waals surface area contributed by atoms with E-state index >= 15 is 0 Å². The van der Waals surface area contributed by atoms with E-state index < -0.39 is 97.5 Å². The van der Waals surface area contributed by atoms with E-state index in [9.17, 15) is 43.2 Å². The van der Waals surface area contributed by atoms with Crippen LogP contribution < -0.4 is 0 Å². The van der Waals surface area contributed by atoms with Gasteiger partial charge in [-0.1, -0.05) is 318 Å². The van der Waals surface area contributed by atoms with Crippen LogP contribution in [0.5, 0.6) is 0 Å². The second-order valence-electron chi connectivity index (χ2n) is 27.8. The lowest BCUT2D eigenvalue weighted by Crippen LogP contribution is -2.30. The quantitative estimate of drug-likeness (QED) is 0.0222. The molecule has 0 bridgehead atoms. The summed E-state index contributed by atoms with van der Waals surface area (Å²) in [6, 6.07) is 0. The second-order valence-corrected chi connectivity index (χ2v) is 30.7. The summed E-state index contributed by atoms with van der Waals surface area (Å²) >= 11 is 0. The Hall–Kier alpha value is -1.94. The number of aliphatic hydroxyl groups is 1. The third kappa shape index (κ3) is 66.7. The van der Waals surface area contributed by atoms with Crippen molar-refractivity contribution in [2.45, 2.75) is 388 Å². The van der Waals surface area contributed by atoms with Crippen LogP contribution >= 0.6 is 15.6 Å². The van der Waals surface area contributed by atoms with E-state index in [4.69, 9.17) is 37.0 Å². The lowest BCUT2D eigenvalue weighted by atomic mass is 10.0. The standard InChI is InChI=1S/C73H142O17P2/c1-8-9-10-11-12-13-14-17-21-26-33-40-47-54-70(75)83-60-68(89-72(77)56-49-42-34-27-22-19-16-15-18-20-24-30-37-44-51-64(2)3)62-87-91(79,80)85-58-67(74)59-86-92(81,82)88-63-69(61-84-71(76)55-48-41-36-29-32-39-46-53-66(6)7)90-73(78)57-50-43-35-28-23-25-31-38-45-52-65(4)5/h64-69,74H,8-63H2,1-7H3,(H,79,80)(H,81,82)/t67-,68-,69-/m1/s1. The molecule has 2 unspecified atom stereocenters. The minimum atomic E-state index is -4.95. The van der Waals surface area contributed by atoms with Crippen molar-refractivity contribution >= 4 is 39.5 Å². The lowest BCUT2D eigenvalue weighted by Gasteiger charge is -2.21. The predicted molar refractivity (Wildman–Crippen MR) is 372 cm³/mol. The highest BCUT2D eigenvalue weighted by Gasteiger charge is 2.30. The van der Waals surface area contributed by atoms with Crippen LogP contribution in [0.15, 0.2) is 0 Å². The Balaban J connectivity index is 5.25. The molecular weight excluding hydrogens is 1210 g/mol. The fourth-order valence-electron chi connectivity index (χ4n) is 11.1. The summed E-state index contributed by atoms with van der Waals surface area (Å²) in [5.74, 6) is 0.114. The molecule has 0 aromatic heterocycles. The van der Waals surface area contributed by atoms with Gasteiger partial charge in [-0.2, -0.15) is 0 Å². The molecule has 0 aromatic rings. The van der Waals surface area contributed by atoms with Gasteiger partial charge in [0.25, 0.3) is 0 Å². The number of aliphatic hydroxyl groups excluding tert-OH is 1. The normalized spacial score (nSPS) is 14.1. The summed E-state index contributed by atoms with van der Waals surface area (Å²) in [5, 5.41) is 10.6. The topological polar surface area (TPSA) is 237 Å². The minimum absolute atomic E-state index is 0.104. The number of carbonyl (C=O) groups is 4. The molecule has 92 heavy (non-hydrogen) atoms. The molecule has 0 aliphatic carbocycles. The van der Waals surface area contributed by atoms with E-state index in [-0.39, 0.29) is 25.7 Å². The summed E-state index contributed by atoms with van der Waals surface area (Å²) in [5.41, 5.74) is 0. The van der Waals surface area contributed by atoms with Crippen LogP contribution in [0.25, 0.3) is 0 Å². The summed E-state index contributed by atoms with van der Waals surface area (Å²) in [7, 11) is -9.91. The molecule has 0 spiro atoms. The van der Waals surface area contributed by atoms with Crippen molar-refractivity contribution in [1.29, 1.82) is 0 Å². The lowest BCUT2D eigenvalue weighted by molar-refractivity contribution is -0.161. The number of rotatable bonds is 71. The minimum Gasteiger partial charge on any atom is -0.462 e. The monoisotopic (exact) mass is 1350 g/mol. The smallest absolute Gasteiger partial charge is 0.462 e. The summed E-state index contributed by atoms with van der Waals surface area (Å²) in [4.78, 5) is 72.7. The number of hydrogen-bond donors (Lipinski definition) is 3. The molecule has 546 valence electrons. The molecule has 0 radical (unpaired) electrons. The molecule has 0 heterocycles. The molecule has 17 nitrogen and oxygen atoms in total. The van der Waals surface area contributed by atoms with E-state index in [0.717, 1.165) is 108 Å². The zero-order valence-electron chi connectivity index (χ0n) is 60.0. The fourth-order valence-corrected chi connectivity index (χ4v) is 12.7. The Kier molecular flexibility index (Phi) is 62.4. The van der Waals surface area contributed by atoms with Gasteiger partial charge >= 0.3 is 39.5 Å². The van der Waals surface area contributed by atoms with Crippen LogP contribution in [0.1, 0.15) is 370 Å². The maximum absolute atomic E-state index is 13.1. The predicted octanol–water partition coefficient (Wildman–Crippen LogP) is 21.0. The largest absolute Gasteiger partial charge is 0.472 e. The summed E-state index contributed by atoms with van der Waals surface area (Å²) < 4.78 is 68.4. The van der Waals surface area contributed by atoms with Gasteiger partial charge in [0.15, 0.2) is 12.2 Å². The van der Waals surface area contributed by atoms with E-state index in [0.29, 0.717) is 31.6 Å². The Morgan fingerprint density at radius 3 is 0.739 bits per heavy atom. The average Bonchev–Trinajstić information content (AvgIpc) is 2.44. The number of carbonyl (C=O) groups excluding carboxylic acids is 4. The Morgan fingerprint density at radius 1 is 0.293 bits per heavy atom. The molecular formula is C73H142O17P2. The van der Waals surface area contributed by atoms with Crippen LogP contribution in [-0.4, -0.2) is 96.7 Å². The van der Waals surface area contributed by atoms with Crippen molar-refractivity contribution < 1.29 is 80.2 Å². The molecule has 19 heteroatoms. The number of ether oxygens (including phenoxy) is 4. The van der Waals surface area contributed by atoms with Gasteiger partial charge in [-0.3, -0.25) is 37.3 Å². The van der Waals surface area contributed by atoms with Gasteiger partial charge in [0.2, 0.25) is 0 Å². The van der Waals surface area contributed by atoms with E-state index in [2.05, 4.69) is 48.5 Å². The van der Waals surface area contributed by atoms with Crippen LogP contribution in [-0.2, 0) is 65.4 Å². The van der Waals surface area contributed by atoms with Gasteiger partial charge in [-0.25, -0.2) is 9.13 Å². The third-order valence-corrected chi connectivity index (χ3v) is 18.8. The maximum atomic E-state index is 13.1. The molecule has 5 atom stereocenters. The van der Waals surface area contributed by atoms with Crippen LogP contribution in [0.4, 0.5) is 0 Å². The maximum Gasteiger partial charge on any atom is 0.472 e. The van der Waals surface area contributed by atoms with Crippen molar-refractivity contribution in [3.63, 3.8) is 0 Å². The van der Waals surface area contributed by atoms with Gasteiger partial charge in [-0.05, 0) is 43.4 Å². The van der Waals surface area contributed by atoms with Crippen molar-refractivity contribution in [1.82, 2.24) is 0 Å². The molecule has 0 saturated heterocycles. The van der Waals surface area contributed by atoms with Gasteiger partial charge < -0.3 is 33.8 Å². The first-order valence-electron chi connectivity index (χ1n) is 37.8. The van der Waals surface area contributed by atoms with Crippen molar-refractivity contribution in [3.05, 3.63) is 0 Å². The zero-order chi connectivity index (χ0) is 68.0. The summed E-state index contributed by atoms with van der Waals surface area (Å²) in [6.45, 7) is 11.8. The second kappa shape index (κ2) is 63.8. The first-order valence-corrected chi connectivity index (χ1v) is 40.8. The van der Waals surface area contributed by atoms with Gasteiger partial charge in [-0.15, -0.1) is 0 Å². The van der Waals surface area contributed by atoms with Crippen molar-refractivity contribution in [3.8, 4) is 0 Å². The van der Waals surface area contributed by atoms with E-state index in [1.807, 2.05) is 0 Å². The van der Waals surface area contributed by atoms with Gasteiger partial charge in [0.1, 0.15) is 19.3 Å². The van der Waals surface area contributed by atoms with Crippen LogP contribution in [0.3, 0.4) is 0 Å². The molecule has 0 aromatic carbocycles. The van der Waals surface area contributed by atoms with Gasteiger partial charge in [0, 0.05) is 25.7 Å². The first kappa shape index (κ1) is 90.1. The summed E-state index contributed by atoms with van der Waals surface area (Å²) in [6.07, 6.45) is 48.6. The molecule has 0 aliphatic rings. The SMILES string of the molecule is CCCCCCCCCCCCCCCC(=O)OC[C@H](COP(=O)(O)OC[C@@H](O)COP(=O)(O)OC[C@@H](COC(=O)CCCCCCCCCC(C)C)OC(=O)CCCCCCCCCCCC(C)C)OC(=O)CCCCCCCCCCCCCCCCC(C)C. The van der Waals surface area contributed by atoms with Crippen LogP contribution in [0.2, 0.25) is 0 Å². The van der Waals surface area contributed by atoms with Gasteiger partial charge in [0.05, 0.1) is 26.4 Å². The molecule has 0 aliphatic heterocycles. The fraction of sp³-hybridized carbons (Fsp3) is 0.945. The highest BCUT2D eigenvalue weighted by Crippen LogP contribution is 2.45. The number of phosphoric acid groups is 2. The highest BCUT2D eigenvalue weighted by molar-refractivity contribution is 7.47. The molecule has 0 saturated carbocycles. The number of hydrogen-bond acceptors (Lipinski definition) is 15. The first-order chi connectivity index (χ1) is 44.2. The van der Waals surface area contributed by atoms with Crippen molar-refractivity contribution in [2.75, 3.05) is 39.6 Å².